The topological polar surface area (TPSA) is 34.1 Å². The third-order valence-corrected chi connectivity index (χ3v) is 4.72. The molecule has 3 nitrogen and oxygen atoms in total. The second-order valence-corrected chi connectivity index (χ2v) is 6.28. The largest absolute Gasteiger partial charge is 0.496 e. The van der Waals surface area contributed by atoms with Gasteiger partial charge in [-0.3, -0.25) is 0 Å². The average molecular weight is 306 g/mol. The van der Waals surface area contributed by atoms with Gasteiger partial charge in [0.15, 0.2) is 0 Å². The molecule has 0 atom stereocenters. The number of nitrogens with zero attached hydrogens (tertiary/aromatic N) is 1. The normalized spacial score (nSPS) is 14.4. The van der Waals surface area contributed by atoms with E-state index in [0.29, 0.717) is 17.2 Å². The molecule has 1 aromatic carbocycles. The van der Waals surface area contributed by atoms with Crippen molar-refractivity contribution >= 4 is 11.3 Å². The van der Waals surface area contributed by atoms with Crippen molar-refractivity contribution in [3.05, 3.63) is 34.6 Å². The number of thiazole rings is 1. The van der Waals surface area contributed by atoms with E-state index in [1.807, 2.05) is 0 Å². The van der Waals surface area contributed by atoms with E-state index >= 15 is 0 Å². The molecule has 5 heteroatoms. The molecular weight excluding hydrogens is 287 g/mol. The maximum Gasteiger partial charge on any atom is 0.137 e. The smallest absolute Gasteiger partial charge is 0.137 e. The summed E-state index contributed by atoms with van der Waals surface area (Å²) in [7, 11) is 1.56. The van der Waals surface area contributed by atoms with Gasteiger partial charge in [0, 0.05) is 17.3 Å². The molecule has 0 unspecified atom stereocenters. The molecular formula is C16H19FN2OS. The summed E-state index contributed by atoms with van der Waals surface area (Å²) in [5, 5.41) is 4.06. The summed E-state index contributed by atoms with van der Waals surface area (Å²) in [5.41, 5.74) is 1.62. The Labute approximate surface area is 128 Å². The summed E-state index contributed by atoms with van der Waals surface area (Å²) in [6.45, 7) is 3.80. The molecule has 1 heterocycles. The highest BCUT2D eigenvalue weighted by Crippen LogP contribution is 2.45. The van der Waals surface area contributed by atoms with E-state index in [4.69, 9.17) is 9.72 Å². The lowest BCUT2D eigenvalue weighted by Gasteiger charge is -2.06. The molecule has 1 saturated carbocycles. The quantitative estimate of drug-likeness (QED) is 0.877. The number of nitrogens with one attached hydrogen (secondary N) is 1. The molecule has 21 heavy (non-hydrogen) atoms. The molecule has 2 aromatic rings. The molecule has 0 amide bonds. The lowest BCUT2D eigenvalue weighted by Crippen LogP contribution is -2.11. The maximum atomic E-state index is 14.2. The zero-order valence-corrected chi connectivity index (χ0v) is 13.1. The number of hydrogen-bond donors (Lipinski definition) is 1. The van der Waals surface area contributed by atoms with Crippen molar-refractivity contribution < 1.29 is 9.13 Å². The Hall–Kier alpha value is -1.46. The van der Waals surface area contributed by atoms with Crippen LogP contribution in [0.4, 0.5) is 4.39 Å². The molecule has 1 aromatic heterocycles. The first kappa shape index (κ1) is 14.5. The van der Waals surface area contributed by atoms with Gasteiger partial charge in [-0.1, -0.05) is 13.0 Å². The predicted octanol–water partition coefficient (Wildman–Crippen LogP) is 3.94. The molecule has 1 aliphatic rings. The highest BCUT2D eigenvalue weighted by molar-refractivity contribution is 7.15. The Kier molecular flexibility index (Phi) is 4.22. The number of rotatable bonds is 6. The van der Waals surface area contributed by atoms with Gasteiger partial charge in [-0.25, -0.2) is 9.37 Å². The van der Waals surface area contributed by atoms with E-state index in [1.165, 1.54) is 23.8 Å². The van der Waals surface area contributed by atoms with Crippen molar-refractivity contribution in [2.75, 3.05) is 13.7 Å². The Morgan fingerprint density at radius 1 is 1.43 bits per heavy atom. The van der Waals surface area contributed by atoms with Crippen molar-refractivity contribution in [3.63, 3.8) is 0 Å². The molecule has 1 fully saturated rings. The van der Waals surface area contributed by atoms with Crippen LogP contribution in [0.1, 0.15) is 36.3 Å². The molecule has 0 bridgehead atoms. The monoisotopic (exact) mass is 306 g/mol. The molecule has 3 rings (SSSR count). The van der Waals surface area contributed by atoms with E-state index in [-0.39, 0.29) is 5.82 Å². The summed E-state index contributed by atoms with van der Waals surface area (Å²) in [6.07, 6.45) is 2.38. The number of halogens is 1. The molecule has 0 aliphatic heterocycles. The van der Waals surface area contributed by atoms with E-state index in [2.05, 4.69) is 12.2 Å². The van der Waals surface area contributed by atoms with Gasteiger partial charge in [0.25, 0.3) is 0 Å². The zero-order chi connectivity index (χ0) is 14.8. The Balaban J connectivity index is 2.02. The van der Waals surface area contributed by atoms with Gasteiger partial charge in [0.2, 0.25) is 0 Å². The van der Waals surface area contributed by atoms with E-state index < -0.39 is 0 Å². The summed E-state index contributed by atoms with van der Waals surface area (Å²) >= 11 is 1.57. The summed E-state index contributed by atoms with van der Waals surface area (Å²) in [5.74, 6) is 0.822. The minimum atomic E-state index is -0.277. The predicted molar refractivity (Wildman–Crippen MR) is 83.4 cm³/mol. The minimum Gasteiger partial charge on any atom is -0.496 e. The first-order chi connectivity index (χ1) is 10.2. The van der Waals surface area contributed by atoms with Crippen molar-refractivity contribution in [1.29, 1.82) is 0 Å². The second kappa shape index (κ2) is 6.12. The van der Waals surface area contributed by atoms with Gasteiger partial charge in [0.1, 0.15) is 16.6 Å². The van der Waals surface area contributed by atoms with Crippen LogP contribution in [0.3, 0.4) is 0 Å². The van der Waals surface area contributed by atoms with Crippen LogP contribution in [0.2, 0.25) is 0 Å². The van der Waals surface area contributed by atoms with Gasteiger partial charge >= 0.3 is 0 Å². The van der Waals surface area contributed by atoms with E-state index in [0.717, 1.165) is 23.8 Å². The third-order valence-electron chi connectivity index (χ3n) is 3.64. The van der Waals surface area contributed by atoms with Gasteiger partial charge in [0.05, 0.1) is 18.4 Å². The lowest BCUT2D eigenvalue weighted by molar-refractivity contribution is 0.413. The summed E-state index contributed by atoms with van der Waals surface area (Å²) in [6, 6.07) is 4.90. The molecule has 0 radical (unpaired) electrons. The van der Waals surface area contributed by atoms with Gasteiger partial charge in [-0.05, 0) is 31.5 Å². The molecule has 0 spiro atoms. The van der Waals surface area contributed by atoms with Crippen LogP contribution in [0, 0.1) is 5.82 Å². The van der Waals surface area contributed by atoms with Crippen LogP contribution < -0.4 is 10.1 Å². The standard InChI is InChI=1S/C16H19FN2OS/c1-3-18-9-13-15(10-7-8-10)19-16(21-13)14-11(17)5-4-6-12(14)20-2/h4-6,10,18H,3,7-9H2,1-2H3. The summed E-state index contributed by atoms with van der Waals surface area (Å²) in [4.78, 5) is 5.95. The lowest BCUT2D eigenvalue weighted by atomic mass is 10.2. The van der Waals surface area contributed by atoms with Gasteiger partial charge in [-0.15, -0.1) is 11.3 Å². The van der Waals surface area contributed by atoms with Crippen molar-refractivity contribution in [1.82, 2.24) is 10.3 Å². The van der Waals surface area contributed by atoms with E-state index in [9.17, 15) is 4.39 Å². The van der Waals surface area contributed by atoms with Crippen molar-refractivity contribution in [2.45, 2.75) is 32.2 Å². The SMILES string of the molecule is CCNCc1sc(-c2c(F)cccc2OC)nc1C1CC1. The first-order valence-corrected chi connectivity index (χ1v) is 8.09. The maximum absolute atomic E-state index is 14.2. The fraction of sp³-hybridized carbons (Fsp3) is 0.438. The number of methoxy groups -OCH3 is 1. The Morgan fingerprint density at radius 3 is 2.90 bits per heavy atom. The van der Waals surface area contributed by atoms with Crippen LogP contribution in [-0.2, 0) is 6.54 Å². The number of benzene rings is 1. The van der Waals surface area contributed by atoms with Crippen molar-refractivity contribution in [2.24, 2.45) is 0 Å². The number of aromatic nitrogens is 1. The van der Waals surface area contributed by atoms with Crippen molar-refractivity contribution in [3.8, 4) is 16.3 Å². The van der Waals surface area contributed by atoms with Crippen LogP contribution in [0.15, 0.2) is 18.2 Å². The van der Waals surface area contributed by atoms with Crippen LogP contribution in [-0.4, -0.2) is 18.6 Å². The van der Waals surface area contributed by atoms with Gasteiger partial charge in [-0.2, -0.15) is 0 Å². The second-order valence-electron chi connectivity index (χ2n) is 5.20. The zero-order valence-electron chi connectivity index (χ0n) is 12.3. The Morgan fingerprint density at radius 2 is 2.24 bits per heavy atom. The van der Waals surface area contributed by atoms with Gasteiger partial charge < -0.3 is 10.1 Å². The fourth-order valence-corrected chi connectivity index (χ4v) is 3.56. The Bertz CT molecular complexity index is 637. The van der Waals surface area contributed by atoms with Crippen LogP contribution >= 0.6 is 11.3 Å². The number of hydrogen-bond acceptors (Lipinski definition) is 4. The fourth-order valence-electron chi connectivity index (χ4n) is 2.39. The van der Waals surface area contributed by atoms with Crippen LogP contribution in [0.5, 0.6) is 5.75 Å². The highest BCUT2D eigenvalue weighted by Gasteiger charge is 2.30. The molecule has 0 saturated heterocycles. The molecule has 1 N–H and O–H groups in total. The van der Waals surface area contributed by atoms with E-state index in [1.54, 1.807) is 30.6 Å². The van der Waals surface area contributed by atoms with Crippen LogP contribution in [0.25, 0.3) is 10.6 Å². The number of ether oxygens (including phenoxy) is 1. The minimum absolute atomic E-state index is 0.277. The highest BCUT2D eigenvalue weighted by atomic mass is 32.1. The molecule has 112 valence electrons. The summed E-state index contributed by atoms with van der Waals surface area (Å²) < 4.78 is 19.5. The molecule has 1 aliphatic carbocycles. The third kappa shape index (κ3) is 2.94. The first-order valence-electron chi connectivity index (χ1n) is 7.27. The average Bonchev–Trinajstić information content (AvgIpc) is 3.25.